The average molecular weight is 169 g/mol. The van der Waals surface area contributed by atoms with Gasteiger partial charge < -0.3 is 5.32 Å². The van der Waals surface area contributed by atoms with Crippen LogP contribution in [0.15, 0.2) is 0 Å². The third-order valence-corrected chi connectivity index (χ3v) is 2.26. The van der Waals surface area contributed by atoms with Crippen molar-refractivity contribution >= 4 is 5.91 Å². The first-order valence-electron chi connectivity index (χ1n) is 5.01. The van der Waals surface area contributed by atoms with Gasteiger partial charge in [-0.3, -0.25) is 4.79 Å². The molecular weight excluding hydrogens is 150 g/mol. The number of hydrogen-bond acceptors (Lipinski definition) is 1. The van der Waals surface area contributed by atoms with Crippen LogP contribution >= 0.6 is 0 Å². The van der Waals surface area contributed by atoms with Gasteiger partial charge in [0.2, 0.25) is 5.91 Å². The van der Waals surface area contributed by atoms with Crippen molar-refractivity contribution in [2.45, 2.75) is 52.0 Å². The van der Waals surface area contributed by atoms with E-state index in [1.807, 2.05) is 0 Å². The topological polar surface area (TPSA) is 29.1 Å². The molecular formula is C10H19NO. The molecule has 0 radical (unpaired) electrons. The van der Waals surface area contributed by atoms with Crippen molar-refractivity contribution in [3.63, 3.8) is 0 Å². The van der Waals surface area contributed by atoms with Crippen LogP contribution in [0.25, 0.3) is 0 Å². The molecule has 2 heteroatoms. The summed E-state index contributed by atoms with van der Waals surface area (Å²) in [6, 6.07) is 0.520. The van der Waals surface area contributed by atoms with Crippen molar-refractivity contribution < 1.29 is 4.79 Å². The molecule has 0 spiro atoms. The van der Waals surface area contributed by atoms with E-state index in [1.54, 1.807) is 0 Å². The van der Waals surface area contributed by atoms with Crippen LogP contribution in [0, 0.1) is 5.92 Å². The van der Waals surface area contributed by atoms with Crippen LogP contribution in [0.4, 0.5) is 0 Å². The Bertz CT molecular complexity index is 152. The van der Waals surface area contributed by atoms with Gasteiger partial charge in [0, 0.05) is 12.5 Å². The molecule has 1 rings (SSSR count). The predicted molar refractivity (Wildman–Crippen MR) is 49.9 cm³/mol. The van der Waals surface area contributed by atoms with E-state index in [9.17, 15) is 4.79 Å². The quantitative estimate of drug-likeness (QED) is 0.671. The molecule has 0 aromatic rings. The molecule has 0 aromatic carbocycles. The highest BCUT2D eigenvalue weighted by molar-refractivity contribution is 5.76. The maximum Gasteiger partial charge on any atom is 0.220 e. The van der Waals surface area contributed by atoms with Crippen molar-refractivity contribution in [1.29, 1.82) is 0 Å². The van der Waals surface area contributed by atoms with E-state index in [2.05, 4.69) is 19.2 Å². The molecule has 1 fully saturated rings. The SMILES string of the molecule is CCCC(C)CC(=O)NC1CC1. The second-order valence-electron chi connectivity index (χ2n) is 3.94. The Morgan fingerprint density at radius 2 is 2.25 bits per heavy atom. The molecule has 0 heterocycles. The van der Waals surface area contributed by atoms with Crippen molar-refractivity contribution in [2.24, 2.45) is 5.92 Å². The van der Waals surface area contributed by atoms with E-state index in [4.69, 9.17) is 0 Å². The lowest BCUT2D eigenvalue weighted by molar-refractivity contribution is -0.122. The van der Waals surface area contributed by atoms with E-state index in [0.29, 0.717) is 18.4 Å². The highest BCUT2D eigenvalue weighted by Gasteiger charge is 2.23. The molecule has 0 bridgehead atoms. The van der Waals surface area contributed by atoms with Gasteiger partial charge in [0.15, 0.2) is 0 Å². The predicted octanol–water partition coefficient (Wildman–Crippen LogP) is 2.09. The molecule has 1 atom stereocenters. The molecule has 0 saturated heterocycles. The second-order valence-corrected chi connectivity index (χ2v) is 3.94. The smallest absolute Gasteiger partial charge is 0.220 e. The first-order chi connectivity index (χ1) is 5.72. The van der Waals surface area contributed by atoms with E-state index in [1.165, 1.54) is 19.3 Å². The van der Waals surface area contributed by atoms with Gasteiger partial charge in [-0.15, -0.1) is 0 Å². The zero-order valence-electron chi connectivity index (χ0n) is 8.10. The van der Waals surface area contributed by atoms with Gasteiger partial charge in [0.05, 0.1) is 0 Å². The number of hydrogen-bond donors (Lipinski definition) is 1. The normalized spacial score (nSPS) is 18.8. The fourth-order valence-corrected chi connectivity index (χ4v) is 1.43. The number of carbonyl (C=O) groups is 1. The molecule has 1 saturated carbocycles. The lowest BCUT2D eigenvalue weighted by Crippen LogP contribution is -2.26. The average Bonchev–Trinajstić information content (AvgIpc) is 2.71. The Kier molecular flexibility index (Phi) is 3.57. The van der Waals surface area contributed by atoms with Crippen LogP contribution in [-0.2, 0) is 4.79 Å². The lowest BCUT2D eigenvalue weighted by Gasteiger charge is -2.09. The molecule has 2 nitrogen and oxygen atoms in total. The summed E-state index contributed by atoms with van der Waals surface area (Å²) < 4.78 is 0. The van der Waals surface area contributed by atoms with Crippen LogP contribution < -0.4 is 5.32 Å². The van der Waals surface area contributed by atoms with Gasteiger partial charge in [0.25, 0.3) is 0 Å². The number of nitrogens with one attached hydrogen (secondary N) is 1. The molecule has 1 N–H and O–H groups in total. The minimum Gasteiger partial charge on any atom is -0.353 e. The molecule has 1 aliphatic carbocycles. The van der Waals surface area contributed by atoms with Crippen LogP contribution in [0.3, 0.4) is 0 Å². The Balaban J connectivity index is 2.06. The highest BCUT2D eigenvalue weighted by Crippen LogP contribution is 2.19. The van der Waals surface area contributed by atoms with Gasteiger partial charge in [-0.1, -0.05) is 26.7 Å². The summed E-state index contributed by atoms with van der Waals surface area (Å²) in [4.78, 5) is 11.3. The maximum absolute atomic E-state index is 11.3. The second kappa shape index (κ2) is 4.48. The van der Waals surface area contributed by atoms with Crippen LogP contribution in [0.1, 0.15) is 46.0 Å². The van der Waals surface area contributed by atoms with Crippen molar-refractivity contribution in [2.75, 3.05) is 0 Å². The van der Waals surface area contributed by atoms with E-state index in [0.717, 1.165) is 6.42 Å². The van der Waals surface area contributed by atoms with Gasteiger partial charge in [0.1, 0.15) is 0 Å². The Hall–Kier alpha value is -0.530. The Morgan fingerprint density at radius 1 is 1.58 bits per heavy atom. The summed E-state index contributed by atoms with van der Waals surface area (Å²) in [5.41, 5.74) is 0. The summed E-state index contributed by atoms with van der Waals surface area (Å²) in [7, 11) is 0. The Labute approximate surface area is 74.7 Å². The maximum atomic E-state index is 11.3. The van der Waals surface area contributed by atoms with Gasteiger partial charge in [-0.05, 0) is 18.8 Å². The summed E-state index contributed by atoms with van der Waals surface area (Å²) >= 11 is 0. The van der Waals surface area contributed by atoms with Crippen molar-refractivity contribution in [3.05, 3.63) is 0 Å². The minimum atomic E-state index is 0.249. The first-order valence-corrected chi connectivity index (χ1v) is 5.01. The van der Waals surface area contributed by atoms with Crippen LogP contribution in [0.2, 0.25) is 0 Å². The molecule has 0 aliphatic heterocycles. The standard InChI is InChI=1S/C10H19NO/c1-3-4-8(2)7-10(12)11-9-5-6-9/h8-9H,3-7H2,1-2H3,(H,11,12). The molecule has 1 amide bonds. The zero-order valence-corrected chi connectivity index (χ0v) is 8.10. The third kappa shape index (κ3) is 3.74. The molecule has 1 aliphatic rings. The molecule has 70 valence electrons. The number of rotatable bonds is 5. The summed E-state index contributed by atoms with van der Waals surface area (Å²) in [6.45, 7) is 4.31. The monoisotopic (exact) mass is 169 g/mol. The minimum absolute atomic E-state index is 0.249. The van der Waals surface area contributed by atoms with Crippen molar-refractivity contribution in [3.8, 4) is 0 Å². The first kappa shape index (κ1) is 9.56. The fourth-order valence-electron chi connectivity index (χ4n) is 1.43. The molecule has 1 unspecified atom stereocenters. The highest BCUT2D eigenvalue weighted by atomic mass is 16.1. The largest absolute Gasteiger partial charge is 0.353 e. The molecule has 0 aromatic heterocycles. The number of carbonyl (C=O) groups excluding carboxylic acids is 1. The van der Waals surface area contributed by atoms with Gasteiger partial charge >= 0.3 is 0 Å². The van der Waals surface area contributed by atoms with Crippen molar-refractivity contribution in [1.82, 2.24) is 5.32 Å². The van der Waals surface area contributed by atoms with Gasteiger partial charge in [-0.25, -0.2) is 0 Å². The summed E-state index contributed by atoms with van der Waals surface area (Å²) in [5, 5.41) is 3.00. The van der Waals surface area contributed by atoms with E-state index >= 15 is 0 Å². The van der Waals surface area contributed by atoms with Crippen LogP contribution in [-0.4, -0.2) is 11.9 Å². The summed E-state index contributed by atoms with van der Waals surface area (Å²) in [5.74, 6) is 0.798. The third-order valence-electron chi connectivity index (χ3n) is 2.26. The van der Waals surface area contributed by atoms with Gasteiger partial charge in [-0.2, -0.15) is 0 Å². The van der Waals surface area contributed by atoms with E-state index < -0.39 is 0 Å². The van der Waals surface area contributed by atoms with E-state index in [-0.39, 0.29) is 5.91 Å². The zero-order chi connectivity index (χ0) is 8.97. The fraction of sp³-hybridized carbons (Fsp3) is 0.900. The Morgan fingerprint density at radius 3 is 2.75 bits per heavy atom. The summed E-state index contributed by atoms with van der Waals surface area (Å²) in [6.07, 6.45) is 5.43. The molecule has 12 heavy (non-hydrogen) atoms. The number of amides is 1. The lowest BCUT2D eigenvalue weighted by atomic mass is 10.0. The van der Waals surface area contributed by atoms with Crippen LogP contribution in [0.5, 0.6) is 0 Å².